The molecule has 0 amide bonds. The van der Waals surface area contributed by atoms with Crippen LogP contribution in [0, 0.1) is 11.3 Å². The van der Waals surface area contributed by atoms with E-state index >= 15 is 0 Å². The van der Waals surface area contributed by atoms with Gasteiger partial charge in [-0.15, -0.1) is 11.3 Å². The molecule has 0 unspecified atom stereocenters. The van der Waals surface area contributed by atoms with Gasteiger partial charge in [-0.2, -0.15) is 13.7 Å². The maximum absolute atomic E-state index is 13.0. The van der Waals surface area contributed by atoms with Crippen LogP contribution in [0.5, 0.6) is 5.75 Å². The zero-order valence-corrected chi connectivity index (χ0v) is 17.8. The van der Waals surface area contributed by atoms with Gasteiger partial charge in [0.2, 0.25) is 0 Å². The molecule has 0 saturated carbocycles. The van der Waals surface area contributed by atoms with E-state index in [4.69, 9.17) is 21.6 Å². The molecule has 7 nitrogen and oxygen atoms in total. The molecule has 1 N–H and O–H groups in total. The first-order valence-corrected chi connectivity index (χ1v) is 11.5. The van der Waals surface area contributed by atoms with E-state index in [0.717, 1.165) is 5.56 Å². The number of hydrogen-bond acceptors (Lipinski definition) is 6. The lowest BCUT2D eigenvalue weighted by atomic mass is 10.1. The minimum absolute atomic E-state index is 0.0828. The summed E-state index contributed by atoms with van der Waals surface area (Å²) in [5.74, 6) is 0.619. The second kappa shape index (κ2) is 8.36. The lowest BCUT2D eigenvalue weighted by Gasteiger charge is -2.13. The second-order valence-corrected chi connectivity index (χ2v) is 9.12. The lowest BCUT2D eigenvalue weighted by molar-refractivity contribution is 0.307. The Morgan fingerprint density at radius 1 is 1.20 bits per heavy atom. The van der Waals surface area contributed by atoms with E-state index in [1.807, 2.05) is 12.1 Å². The molecule has 152 valence electrons. The largest absolute Gasteiger partial charge is 0.489 e. The molecule has 2 aromatic heterocycles. The van der Waals surface area contributed by atoms with Gasteiger partial charge in [-0.3, -0.25) is 9.12 Å². The van der Waals surface area contributed by atoms with Gasteiger partial charge < -0.3 is 4.74 Å². The number of anilines is 1. The van der Waals surface area contributed by atoms with Gasteiger partial charge in [0.25, 0.3) is 10.0 Å². The fourth-order valence-electron chi connectivity index (χ4n) is 2.87. The normalized spacial score (nSPS) is 11.3. The molecule has 10 heteroatoms. The van der Waals surface area contributed by atoms with E-state index in [0.29, 0.717) is 28.4 Å². The molecule has 2 aromatic carbocycles. The quantitative estimate of drug-likeness (QED) is 0.440. The van der Waals surface area contributed by atoms with Crippen molar-refractivity contribution in [1.82, 2.24) is 9.38 Å². The summed E-state index contributed by atoms with van der Waals surface area (Å²) in [7, 11) is -3.98. The number of nitriles is 1. The number of nitrogens with one attached hydrogen (secondary N) is 1. The van der Waals surface area contributed by atoms with Crippen LogP contribution in [0.3, 0.4) is 0 Å². The summed E-state index contributed by atoms with van der Waals surface area (Å²) in [5, 5.41) is 10.3. The van der Waals surface area contributed by atoms with Gasteiger partial charge in [0.05, 0.1) is 18.2 Å². The van der Waals surface area contributed by atoms with Crippen molar-refractivity contribution >= 4 is 43.6 Å². The number of thiazole rings is 1. The van der Waals surface area contributed by atoms with Crippen LogP contribution in [0.2, 0.25) is 5.15 Å². The van der Waals surface area contributed by atoms with Crippen molar-refractivity contribution < 1.29 is 13.2 Å². The Morgan fingerprint density at radius 2 is 1.97 bits per heavy atom. The van der Waals surface area contributed by atoms with Crippen molar-refractivity contribution in [2.24, 2.45) is 0 Å². The summed E-state index contributed by atoms with van der Waals surface area (Å²) in [6.07, 6.45) is 1.94. The van der Waals surface area contributed by atoms with E-state index in [-0.39, 0.29) is 16.8 Å². The standard InChI is InChI=1S/C20H15ClN4O3S2/c21-18-19(25-11-12-29-20(25)23-18)30(26,27)24-17-4-2-1-3-15(17)13-28-16-7-5-14(6-8-16)9-10-22/h1-8,11-12,24H,9,13H2. The van der Waals surface area contributed by atoms with Gasteiger partial charge in [0, 0.05) is 17.1 Å². The van der Waals surface area contributed by atoms with E-state index in [1.54, 1.807) is 48.0 Å². The molecule has 0 radical (unpaired) electrons. The molecule has 0 bridgehead atoms. The first-order chi connectivity index (χ1) is 14.5. The summed E-state index contributed by atoms with van der Waals surface area (Å²) >= 11 is 7.38. The number of para-hydroxylation sites is 1. The predicted octanol–water partition coefficient (Wildman–Crippen LogP) is 4.50. The fraction of sp³-hybridized carbons (Fsp3) is 0.100. The maximum Gasteiger partial charge on any atom is 0.281 e. The van der Waals surface area contributed by atoms with Crippen LogP contribution in [0.1, 0.15) is 11.1 Å². The monoisotopic (exact) mass is 458 g/mol. The number of sulfonamides is 1. The first-order valence-electron chi connectivity index (χ1n) is 8.78. The number of nitrogens with zero attached hydrogens (tertiary/aromatic N) is 3. The summed E-state index contributed by atoms with van der Waals surface area (Å²) in [6.45, 7) is 0.157. The zero-order valence-electron chi connectivity index (χ0n) is 15.4. The van der Waals surface area contributed by atoms with Gasteiger partial charge in [-0.25, -0.2) is 4.98 Å². The number of benzene rings is 2. The molecule has 4 aromatic rings. The third kappa shape index (κ3) is 4.11. The average Bonchev–Trinajstić information content (AvgIpc) is 3.28. The topological polar surface area (TPSA) is 96.5 Å². The lowest BCUT2D eigenvalue weighted by Crippen LogP contribution is -2.16. The average molecular weight is 459 g/mol. The summed E-state index contributed by atoms with van der Waals surface area (Å²) in [4.78, 5) is 4.58. The number of imidazole rings is 1. The highest BCUT2D eigenvalue weighted by Crippen LogP contribution is 2.28. The maximum atomic E-state index is 13.0. The SMILES string of the molecule is N#CCc1ccc(OCc2ccccc2NS(=O)(=O)c2c(Cl)nc3sccn23)cc1. The summed E-state index contributed by atoms with van der Waals surface area (Å²) in [6, 6.07) is 16.3. The third-order valence-electron chi connectivity index (χ3n) is 4.30. The zero-order chi connectivity index (χ0) is 21.1. The Morgan fingerprint density at radius 3 is 2.73 bits per heavy atom. The minimum atomic E-state index is -3.98. The molecule has 4 rings (SSSR count). The van der Waals surface area contributed by atoms with Gasteiger partial charge in [-0.1, -0.05) is 41.9 Å². The van der Waals surface area contributed by atoms with Crippen LogP contribution in [0.25, 0.3) is 4.96 Å². The van der Waals surface area contributed by atoms with Gasteiger partial charge in [0.1, 0.15) is 12.4 Å². The van der Waals surface area contributed by atoms with E-state index < -0.39 is 10.0 Å². The van der Waals surface area contributed by atoms with Crippen LogP contribution in [0.15, 0.2) is 65.1 Å². The summed E-state index contributed by atoms with van der Waals surface area (Å²) in [5.41, 5.74) is 1.94. The molecule has 0 fully saturated rings. The number of ether oxygens (including phenoxy) is 1. The van der Waals surface area contributed by atoms with Gasteiger partial charge in [0.15, 0.2) is 15.1 Å². The van der Waals surface area contributed by atoms with E-state index in [9.17, 15) is 8.42 Å². The Hall–Kier alpha value is -3.06. The smallest absolute Gasteiger partial charge is 0.281 e. The van der Waals surface area contributed by atoms with Crippen LogP contribution < -0.4 is 9.46 Å². The van der Waals surface area contributed by atoms with E-state index in [2.05, 4.69) is 15.8 Å². The number of aromatic nitrogens is 2. The van der Waals surface area contributed by atoms with Crippen molar-refractivity contribution in [1.29, 1.82) is 5.26 Å². The second-order valence-electron chi connectivity index (χ2n) is 6.29. The molecule has 0 aliphatic rings. The van der Waals surface area contributed by atoms with Gasteiger partial charge in [-0.05, 0) is 23.8 Å². The molecule has 0 atom stereocenters. The molecule has 30 heavy (non-hydrogen) atoms. The Bertz CT molecular complexity index is 1340. The van der Waals surface area contributed by atoms with Crippen molar-refractivity contribution in [2.45, 2.75) is 18.1 Å². The third-order valence-corrected chi connectivity index (χ3v) is 6.82. The number of fused-ring (bicyclic) bond motifs is 1. The highest BCUT2D eigenvalue weighted by atomic mass is 35.5. The Balaban J connectivity index is 1.55. The van der Waals surface area contributed by atoms with Crippen LogP contribution >= 0.6 is 22.9 Å². The Labute approximate surface area is 182 Å². The highest BCUT2D eigenvalue weighted by molar-refractivity contribution is 7.92. The van der Waals surface area contributed by atoms with Crippen LogP contribution in [-0.2, 0) is 23.1 Å². The van der Waals surface area contributed by atoms with Crippen molar-refractivity contribution in [3.8, 4) is 11.8 Å². The van der Waals surface area contributed by atoms with Crippen LogP contribution in [-0.4, -0.2) is 17.8 Å². The number of hydrogen-bond donors (Lipinski definition) is 1. The first kappa shape index (κ1) is 20.2. The highest BCUT2D eigenvalue weighted by Gasteiger charge is 2.26. The van der Waals surface area contributed by atoms with Crippen molar-refractivity contribution in [3.63, 3.8) is 0 Å². The van der Waals surface area contributed by atoms with Crippen molar-refractivity contribution in [2.75, 3.05) is 4.72 Å². The predicted molar refractivity (Wildman–Crippen MR) is 115 cm³/mol. The van der Waals surface area contributed by atoms with E-state index in [1.165, 1.54) is 15.7 Å². The Kier molecular flexibility index (Phi) is 5.63. The minimum Gasteiger partial charge on any atom is -0.489 e. The fourth-order valence-corrected chi connectivity index (χ4v) is 5.43. The summed E-state index contributed by atoms with van der Waals surface area (Å²) < 4.78 is 35.8. The van der Waals surface area contributed by atoms with Crippen molar-refractivity contribution in [3.05, 3.63) is 76.4 Å². The molecule has 0 aliphatic carbocycles. The van der Waals surface area contributed by atoms with Gasteiger partial charge >= 0.3 is 0 Å². The van der Waals surface area contributed by atoms with Crippen LogP contribution in [0.4, 0.5) is 5.69 Å². The molecular formula is C20H15ClN4O3S2. The molecule has 0 spiro atoms. The number of halogens is 1. The number of rotatable bonds is 7. The molecule has 2 heterocycles. The molecule has 0 saturated heterocycles. The molecular weight excluding hydrogens is 444 g/mol. The molecule has 0 aliphatic heterocycles.